The number of rotatable bonds is 1. The van der Waals surface area contributed by atoms with Crippen LogP contribution in [0.3, 0.4) is 0 Å². The molecule has 0 fully saturated rings. The molecule has 116 valence electrons. The number of ether oxygens (including phenoxy) is 3. The molecule has 2 aromatic rings. The van der Waals surface area contributed by atoms with Crippen molar-refractivity contribution in [1.29, 1.82) is 0 Å². The van der Waals surface area contributed by atoms with E-state index >= 15 is 0 Å². The average molecular weight is 331 g/mol. The molecule has 2 aromatic carbocycles. The number of Topliss-reactive ketones (excluding diaryl/α,β-unsaturated/α-hetero) is 1. The molecule has 5 nitrogen and oxygen atoms in total. The molecule has 0 unspecified atom stereocenters. The quantitative estimate of drug-likeness (QED) is 0.810. The van der Waals surface area contributed by atoms with E-state index in [1.54, 1.807) is 18.2 Å². The van der Waals surface area contributed by atoms with Crippen molar-refractivity contribution >= 4 is 23.5 Å². The summed E-state index contributed by atoms with van der Waals surface area (Å²) in [5, 5.41) is 10.0. The molecular formula is C17H11ClO5. The molecule has 6 heteroatoms. The van der Waals surface area contributed by atoms with Gasteiger partial charge in [0.15, 0.2) is 12.6 Å². The highest BCUT2D eigenvalue weighted by atomic mass is 35.5. The molecule has 0 bridgehead atoms. The van der Waals surface area contributed by atoms with Gasteiger partial charge in [0.05, 0.1) is 12.2 Å². The van der Waals surface area contributed by atoms with E-state index in [1.165, 1.54) is 18.2 Å². The number of ketones is 1. The molecule has 0 spiro atoms. The van der Waals surface area contributed by atoms with Gasteiger partial charge in [-0.3, -0.25) is 4.79 Å². The number of allylic oxidation sites excluding steroid dienone is 1. The maximum Gasteiger partial charge on any atom is 0.231 e. The lowest BCUT2D eigenvalue weighted by molar-refractivity contribution is -0.0165. The van der Waals surface area contributed by atoms with Gasteiger partial charge in [0, 0.05) is 22.2 Å². The number of phenols is 1. The summed E-state index contributed by atoms with van der Waals surface area (Å²) < 4.78 is 16.3. The Kier molecular flexibility index (Phi) is 3.25. The third-order valence-electron chi connectivity index (χ3n) is 3.64. The van der Waals surface area contributed by atoms with E-state index in [1.807, 2.05) is 0 Å². The van der Waals surface area contributed by atoms with E-state index in [9.17, 15) is 9.90 Å². The van der Waals surface area contributed by atoms with Gasteiger partial charge in [-0.05, 0) is 30.3 Å². The van der Waals surface area contributed by atoms with Gasteiger partial charge < -0.3 is 19.3 Å². The Balaban J connectivity index is 1.78. The summed E-state index contributed by atoms with van der Waals surface area (Å²) in [6.45, 7) is 0.544. The zero-order chi connectivity index (χ0) is 16.0. The first-order valence-corrected chi connectivity index (χ1v) is 7.30. The van der Waals surface area contributed by atoms with Crippen LogP contribution in [0.5, 0.6) is 17.2 Å². The summed E-state index contributed by atoms with van der Waals surface area (Å²) >= 11 is 6.11. The van der Waals surface area contributed by atoms with Gasteiger partial charge >= 0.3 is 0 Å². The molecule has 0 aromatic heterocycles. The van der Waals surface area contributed by atoms with Crippen molar-refractivity contribution in [3.63, 3.8) is 0 Å². The molecule has 0 amide bonds. The smallest absolute Gasteiger partial charge is 0.231 e. The van der Waals surface area contributed by atoms with Crippen molar-refractivity contribution in [3.8, 4) is 17.2 Å². The van der Waals surface area contributed by atoms with Crippen LogP contribution in [0.15, 0.2) is 36.1 Å². The molecular weight excluding hydrogens is 320 g/mol. The number of carbonyl (C=O) groups is 1. The third-order valence-corrected chi connectivity index (χ3v) is 3.86. The van der Waals surface area contributed by atoms with E-state index in [0.29, 0.717) is 34.3 Å². The summed E-state index contributed by atoms with van der Waals surface area (Å²) in [5.74, 6) is 0.911. The zero-order valence-corrected chi connectivity index (χ0v) is 12.6. The zero-order valence-electron chi connectivity index (χ0n) is 11.8. The number of benzene rings is 2. The first kappa shape index (κ1) is 14.1. The van der Waals surface area contributed by atoms with Crippen LogP contribution in [0.25, 0.3) is 6.08 Å². The first-order valence-electron chi connectivity index (χ1n) is 6.92. The number of fused-ring (bicyclic) bond motifs is 2. The molecule has 4 rings (SSSR count). The van der Waals surface area contributed by atoms with Crippen molar-refractivity contribution in [2.75, 3.05) is 6.79 Å². The minimum absolute atomic E-state index is 0.0402. The maximum atomic E-state index is 12.4. The Morgan fingerprint density at radius 3 is 2.96 bits per heavy atom. The molecule has 0 atom stereocenters. The summed E-state index contributed by atoms with van der Waals surface area (Å²) in [6, 6.07) is 7.86. The Bertz CT molecular complexity index is 856. The lowest BCUT2D eigenvalue weighted by Crippen LogP contribution is -2.12. The summed E-state index contributed by atoms with van der Waals surface area (Å²) in [4.78, 5) is 12.4. The highest BCUT2D eigenvalue weighted by Gasteiger charge is 2.28. The summed E-state index contributed by atoms with van der Waals surface area (Å²) in [7, 11) is 0. The minimum atomic E-state index is -0.249. The number of hydrogen-bond acceptors (Lipinski definition) is 5. The second-order valence-corrected chi connectivity index (χ2v) is 5.65. The Hall–Kier alpha value is -2.50. The molecule has 0 radical (unpaired) electrons. The van der Waals surface area contributed by atoms with Crippen LogP contribution in [0.4, 0.5) is 0 Å². The molecule has 23 heavy (non-hydrogen) atoms. The summed E-state index contributed by atoms with van der Waals surface area (Å²) in [6.07, 6.45) is 1.59. The van der Waals surface area contributed by atoms with E-state index in [-0.39, 0.29) is 24.1 Å². The van der Waals surface area contributed by atoms with Gasteiger partial charge in [-0.15, -0.1) is 0 Å². The Labute approximate surface area is 136 Å². The molecule has 0 saturated heterocycles. The average Bonchev–Trinajstić information content (AvgIpc) is 2.82. The molecule has 2 heterocycles. The monoisotopic (exact) mass is 330 g/mol. The van der Waals surface area contributed by atoms with E-state index < -0.39 is 0 Å². The van der Waals surface area contributed by atoms with Crippen LogP contribution in [-0.4, -0.2) is 17.7 Å². The highest BCUT2D eigenvalue weighted by Crippen LogP contribution is 2.37. The van der Waals surface area contributed by atoms with Crippen molar-refractivity contribution in [2.45, 2.75) is 6.61 Å². The van der Waals surface area contributed by atoms with Gasteiger partial charge in [0.25, 0.3) is 0 Å². The van der Waals surface area contributed by atoms with Gasteiger partial charge in [-0.25, -0.2) is 0 Å². The van der Waals surface area contributed by atoms with E-state index in [4.69, 9.17) is 25.8 Å². The van der Waals surface area contributed by atoms with Crippen LogP contribution >= 0.6 is 11.6 Å². The maximum absolute atomic E-state index is 12.4. The predicted octanol–water partition coefficient (Wildman–Crippen LogP) is 3.53. The molecule has 0 aliphatic carbocycles. The first-order chi connectivity index (χ1) is 11.1. The van der Waals surface area contributed by atoms with Gasteiger partial charge in [0.1, 0.15) is 17.2 Å². The molecule has 0 saturated carbocycles. The Morgan fingerprint density at radius 2 is 2.09 bits per heavy atom. The standard InChI is InChI=1S/C17H11ClO5/c18-11-3-9(17-10(4-11)7-21-8-22-17)5-15-16(20)13-2-1-12(19)6-14(13)23-15/h1-6,19H,7-8H2. The number of carbonyl (C=O) groups excluding carboxylic acids is 1. The fourth-order valence-corrected chi connectivity index (χ4v) is 2.88. The van der Waals surface area contributed by atoms with Gasteiger partial charge in [-0.2, -0.15) is 0 Å². The lowest BCUT2D eigenvalue weighted by Gasteiger charge is -2.20. The second-order valence-electron chi connectivity index (χ2n) is 5.21. The predicted molar refractivity (Wildman–Crippen MR) is 82.8 cm³/mol. The van der Waals surface area contributed by atoms with Gasteiger partial charge in [0.2, 0.25) is 5.78 Å². The van der Waals surface area contributed by atoms with Crippen LogP contribution in [-0.2, 0) is 11.3 Å². The second kappa shape index (κ2) is 5.30. The third kappa shape index (κ3) is 2.44. The largest absolute Gasteiger partial charge is 0.508 e. The fourth-order valence-electron chi connectivity index (χ4n) is 2.63. The number of hydrogen-bond donors (Lipinski definition) is 1. The van der Waals surface area contributed by atoms with Crippen LogP contribution in [0.1, 0.15) is 21.5 Å². The SMILES string of the molecule is O=C1C(=Cc2cc(Cl)cc3c2OCOC3)Oc2cc(O)ccc21. The van der Waals surface area contributed by atoms with E-state index in [2.05, 4.69) is 0 Å². The van der Waals surface area contributed by atoms with Crippen molar-refractivity contribution in [2.24, 2.45) is 0 Å². The van der Waals surface area contributed by atoms with Crippen molar-refractivity contribution in [3.05, 3.63) is 57.8 Å². The van der Waals surface area contributed by atoms with Crippen molar-refractivity contribution in [1.82, 2.24) is 0 Å². The molecule has 2 aliphatic heterocycles. The van der Waals surface area contributed by atoms with E-state index in [0.717, 1.165) is 5.56 Å². The topological polar surface area (TPSA) is 65.0 Å². The lowest BCUT2D eigenvalue weighted by atomic mass is 10.1. The molecule has 2 aliphatic rings. The van der Waals surface area contributed by atoms with Crippen LogP contribution in [0.2, 0.25) is 5.02 Å². The minimum Gasteiger partial charge on any atom is -0.508 e. The normalized spacial score (nSPS) is 17.4. The molecule has 1 N–H and O–H groups in total. The number of phenolic OH excluding ortho intramolecular Hbond substituents is 1. The highest BCUT2D eigenvalue weighted by molar-refractivity contribution is 6.31. The fraction of sp³-hybridized carbons (Fsp3) is 0.118. The number of aromatic hydroxyl groups is 1. The Morgan fingerprint density at radius 1 is 1.22 bits per heavy atom. The van der Waals surface area contributed by atoms with Crippen LogP contribution < -0.4 is 9.47 Å². The van der Waals surface area contributed by atoms with Gasteiger partial charge in [-0.1, -0.05) is 11.6 Å². The summed E-state index contributed by atoms with van der Waals surface area (Å²) in [5.41, 5.74) is 1.88. The van der Waals surface area contributed by atoms with Crippen LogP contribution in [0, 0.1) is 0 Å². The van der Waals surface area contributed by atoms with Crippen molar-refractivity contribution < 1.29 is 24.1 Å². The number of halogens is 1.